The molecule has 2 rings (SSSR count). The molecule has 0 saturated heterocycles. The quantitative estimate of drug-likeness (QED) is 0.915. The van der Waals surface area contributed by atoms with E-state index < -0.39 is 12.4 Å². The first kappa shape index (κ1) is 14.2. The summed E-state index contributed by atoms with van der Waals surface area (Å²) in [5.41, 5.74) is 6.67. The molecule has 1 aromatic heterocycles. The topological polar surface area (TPSA) is 35.2 Å². The van der Waals surface area contributed by atoms with E-state index in [1.165, 1.54) is 35.6 Å². The number of alkyl halides is 3. The summed E-state index contributed by atoms with van der Waals surface area (Å²) in [4.78, 5) is 0.770. The lowest BCUT2D eigenvalue weighted by atomic mass is 10.1. The van der Waals surface area contributed by atoms with E-state index in [1.54, 1.807) is 11.4 Å². The van der Waals surface area contributed by atoms with Gasteiger partial charge in [0.15, 0.2) is 0 Å². The van der Waals surface area contributed by atoms with Crippen LogP contribution >= 0.6 is 22.9 Å². The molecule has 2 aromatic rings. The van der Waals surface area contributed by atoms with Crippen LogP contribution in [0.1, 0.15) is 16.5 Å². The van der Waals surface area contributed by atoms with Crippen molar-refractivity contribution in [2.24, 2.45) is 5.73 Å². The summed E-state index contributed by atoms with van der Waals surface area (Å²) in [5, 5.41) is 2.35. The largest absolute Gasteiger partial charge is 0.573 e. The van der Waals surface area contributed by atoms with Crippen molar-refractivity contribution >= 4 is 22.9 Å². The Bertz CT molecular complexity index is 553. The lowest BCUT2D eigenvalue weighted by Crippen LogP contribution is -2.17. The van der Waals surface area contributed by atoms with Crippen LogP contribution < -0.4 is 10.5 Å². The Kier molecular flexibility index (Phi) is 4.03. The molecule has 19 heavy (non-hydrogen) atoms. The highest BCUT2D eigenvalue weighted by molar-refractivity contribution is 7.10. The maximum atomic E-state index is 12.0. The van der Waals surface area contributed by atoms with Gasteiger partial charge in [0.25, 0.3) is 0 Å². The Hall–Kier alpha value is -1.24. The van der Waals surface area contributed by atoms with Crippen LogP contribution in [-0.4, -0.2) is 6.36 Å². The summed E-state index contributed by atoms with van der Waals surface area (Å²) >= 11 is 7.36. The first-order chi connectivity index (χ1) is 8.87. The van der Waals surface area contributed by atoms with E-state index in [1.807, 2.05) is 0 Å². The monoisotopic (exact) mass is 307 g/mol. The average Bonchev–Trinajstić information content (AvgIpc) is 2.73. The molecule has 0 aliphatic rings. The second-order valence-electron chi connectivity index (χ2n) is 3.73. The van der Waals surface area contributed by atoms with Gasteiger partial charge in [-0.05, 0) is 29.1 Å². The van der Waals surface area contributed by atoms with E-state index in [2.05, 4.69) is 4.74 Å². The number of thiophene rings is 1. The molecule has 0 spiro atoms. The second-order valence-corrected chi connectivity index (χ2v) is 5.08. The van der Waals surface area contributed by atoms with Gasteiger partial charge in [-0.2, -0.15) is 0 Å². The zero-order valence-corrected chi connectivity index (χ0v) is 11.0. The predicted molar refractivity (Wildman–Crippen MR) is 68.5 cm³/mol. The fraction of sp³-hybridized carbons (Fsp3) is 0.167. The third-order valence-electron chi connectivity index (χ3n) is 2.40. The van der Waals surface area contributed by atoms with E-state index >= 15 is 0 Å². The summed E-state index contributed by atoms with van der Waals surface area (Å²) < 4.78 is 39.8. The van der Waals surface area contributed by atoms with Gasteiger partial charge in [-0.1, -0.05) is 23.7 Å². The standard InChI is InChI=1S/C12H9ClF3NOS/c13-9-5-6-19-11(9)10(17)7-1-3-8(4-2-7)18-12(14,15)16/h1-6,10H,17H2/t10-/m1/s1. The Balaban J connectivity index is 2.17. The van der Waals surface area contributed by atoms with E-state index in [-0.39, 0.29) is 5.75 Å². The van der Waals surface area contributed by atoms with Crippen LogP contribution in [0.15, 0.2) is 35.7 Å². The minimum Gasteiger partial charge on any atom is -0.406 e. The molecule has 0 fully saturated rings. The van der Waals surface area contributed by atoms with Gasteiger partial charge >= 0.3 is 6.36 Å². The second kappa shape index (κ2) is 5.40. The maximum Gasteiger partial charge on any atom is 0.573 e. The van der Waals surface area contributed by atoms with Gasteiger partial charge in [0, 0.05) is 4.88 Å². The van der Waals surface area contributed by atoms with E-state index in [4.69, 9.17) is 17.3 Å². The van der Waals surface area contributed by atoms with Crippen LogP contribution in [0, 0.1) is 0 Å². The number of benzene rings is 1. The Morgan fingerprint density at radius 3 is 2.26 bits per heavy atom. The SMILES string of the molecule is N[C@H](c1ccc(OC(F)(F)F)cc1)c1sccc1Cl. The molecule has 0 aliphatic carbocycles. The zero-order chi connectivity index (χ0) is 14.0. The Morgan fingerprint density at radius 1 is 1.16 bits per heavy atom. The Morgan fingerprint density at radius 2 is 1.79 bits per heavy atom. The molecule has 2 nitrogen and oxygen atoms in total. The van der Waals surface area contributed by atoms with Crippen LogP contribution in [0.4, 0.5) is 13.2 Å². The fourth-order valence-corrected chi connectivity index (χ4v) is 2.76. The van der Waals surface area contributed by atoms with Crippen LogP contribution in [0.5, 0.6) is 5.75 Å². The molecule has 1 heterocycles. The summed E-state index contributed by atoms with van der Waals surface area (Å²) in [6.45, 7) is 0. The van der Waals surface area contributed by atoms with E-state index in [9.17, 15) is 13.2 Å². The lowest BCUT2D eigenvalue weighted by Gasteiger charge is -2.13. The molecule has 0 radical (unpaired) electrons. The van der Waals surface area contributed by atoms with E-state index in [0.717, 1.165) is 4.88 Å². The van der Waals surface area contributed by atoms with Gasteiger partial charge in [-0.3, -0.25) is 0 Å². The van der Waals surface area contributed by atoms with Gasteiger partial charge in [0.2, 0.25) is 0 Å². The predicted octanol–water partition coefficient (Wildman–Crippen LogP) is 4.35. The minimum absolute atomic E-state index is 0.277. The van der Waals surface area contributed by atoms with Gasteiger partial charge in [-0.15, -0.1) is 24.5 Å². The van der Waals surface area contributed by atoms with Crippen molar-refractivity contribution in [3.63, 3.8) is 0 Å². The molecule has 0 aliphatic heterocycles. The molecule has 0 bridgehead atoms. The molecule has 1 atom stereocenters. The number of halogens is 4. The number of rotatable bonds is 3. The first-order valence-electron chi connectivity index (χ1n) is 5.21. The summed E-state index contributed by atoms with van der Waals surface area (Å²) in [6, 6.07) is 6.69. The summed E-state index contributed by atoms with van der Waals surface area (Å²) in [7, 11) is 0. The highest BCUT2D eigenvalue weighted by atomic mass is 35.5. The van der Waals surface area contributed by atoms with Gasteiger partial charge in [0.1, 0.15) is 5.75 Å². The number of nitrogens with two attached hydrogens (primary N) is 1. The molecule has 0 saturated carbocycles. The van der Waals surface area contributed by atoms with E-state index in [0.29, 0.717) is 10.6 Å². The lowest BCUT2D eigenvalue weighted by molar-refractivity contribution is -0.274. The zero-order valence-electron chi connectivity index (χ0n) is 9.45. The van der Waals surface area contributed by atoms with Crippen molar-refractivity contribution in [2.75, 3.05) is 0 Å². The van der Waals surface area contributed by atoms with Crippen molar-refractivity contribution < 1.29 is 17.9 Å². The summed E-state index contributed by atoms with van der Waals surface area (Å²) in [5.74, 6) is -0.277. The van der Waals surface area contributed by atoms with Crippen LogP contribution in [-0.2, 0) is 0 Å². The van der Waals surface area contributed by atoms with Crippen molar-refractivity contribution in [3.05, 3.63) is 51.2 Å². The maximum absolute atomic E-state index is 12.0. The smallest absolute Gasteiger partial charge is 0.406 e. The fourth-order valence-electron chi connectivity index (χ4n) is 1.56. The molecular formula is C12H9ClF3NOS. The van der Waals surface area contributed by atoms with Crippen molar-refractivity contribution in [2.45, 2.75) is 12.4 Å². The number of hydrogen-bond acceptors (Lipinski definition) is 3. The molecule has 0 unspecified atom stereocenters. The van der Waals surface area contributed by atoms with Crippen LogP contribution in [0.3, 0.4) is 0 Å². The molecular weight excluding hydrogens is 299 g/mol. The highest BCUT2D eigenvalue weighted by Gasteiger charge is 2.31. The number of ether oxygens (including phenoxy) is 1. The minimum atomic E-state index is -4.69. The first-order valence-corrected chi connectivity index (χ1v) is 6.47. The normalized spacial score (nSPS) is 13.3. The third kappa shape index (κ3) is 3.62. The molecule has 0 amide bonds. The summed E-state index contributed by atoms with van der Waals surface area (Å²) in [6.07, 6.45) is -4.69. The average molecular weight is 308 g/mol. The van der Waals surface area contributed by atoms with Crippen molar-refractivity contribution in [1.29, 1.82) is 0 Å². The van der Waals surface area contributed by atoms with Gasteiger partial charge in [0.05, 0.1) is 11.1 Å². The molecule has 7 heteroatoms. The molecule has 1 aromatic carbocycles. The van der Waals surface area contributed by atoms with Gasteiger partial charge < -0.3 is 10.5 Å². The third-order valence-corrected chi connectivity index (χ3v) is 3.84. The van der Waals surface area contributed by atoms with Crippen LogP contribution in [0.25, 0.3) is 0 Å². The van der Waals surface area contributed by atoms with Crippen molar-refractivity contribution in [3.8, 4) is 5.75 Å². The molecule has 102 valence electrons. The highest BCUT2D eigenvalue weighted by Crippen LogP contribution is 2.32. The van der Waals surface area contributed by atoms with Crippen molar-refractivity contribution in [1.82, 2.24) is 0 Å². The number of hydrogen-bond donors (Lipinski definition) is 1. The molecule has 2 N–H and O–H groups in total. The van der Waals surface area contributed by atoms with Gasteiger partial charge in [-0.25, -0.2) is 0 Å². The van der Waals surface area contributed by atoms with Crippen LogP contribution in [0.2, 0.25) is 5.02 Å². The Labute approximate surface area is 116 Å².